The Morgan fingerprint density at radius 1 is 1.12 bits per heavy atom. The van der Waals surface area contributed by atoms with E-state index in [0.717, 1.165) is 27.6 Å². The minimum atomic E-state index is 0.125. The van der Waals surface area contributed by atoms with E-state index in [1.807, 2.05) is 49.6 Å². The molecule has 3 aromatic heterocycles. The van der Waals surface area contributed by atoms with Crippen molar-refractivity contribution in [3.63, 3.8) is 0 Å². The van der Waals surface area contributed by atoms with E-state index in [4.69, 9.17) is 17.3 Å². The van der Waals surface area contributed by atoms with Crippen molar-refractivity contribution in [2.24, 2.45) is 0 Å². The molecule has 9 heteroatoms. The summed E-state index contributed by atoms with van der Waals surface area (Å²) >= 11 is 6.15. The molecule has 0 amide bonds. The topological polar surface area (TPSA) is 122 Å². The number of fused-ring (bicyclic) bond motifs is 1. The van der Waals surface area contributed by atoms with Gasteiger partial charge in [0.2, 0.25) is 5.95 Å². The van der Waals surface area contributed by atoms with Gasteiger partial charge in [0, 0.05) is 27.7 Å². The lowest BCUT2D eigenvalue weighted by atomic mass is 10.00. The molecular weight excluding hydrogens is 424 g/mol. The minimum absolute atomic E-state index is 0.125. The number of rotatable bonds is 4. The Balaban J connectivity index is 1.49. The Morgan fingerprint density at radius 2 is 1.97 bits per heavy atom. The maximum Gasteiger partial charge on any atom is 0.221 e. The highest BCUT2D eigenvalue weighted by molar-refractivity contribution is 6.31. The largest absolute Gasteiger partial charge is 0.368 e. The van der Waals surface area contributed by atoms with Crippen LogP contribution in [0.2, 0.25) is 5.02 Å². The van der Waals surface area contributed by atoms with Gasteiger partial charge >= 0.3 is 0 Å². The van der Waals surface area contributed by atoms with Gasteiger partial charge in [0.1, 0.15) is 5.69 Å². The first-order valence-corrected chi connectivity index (χ1v) is 10.2. The highest BCUT2D eigenvalue weighted by atomic mass is 35.5. The average Bonchev–Trinajstić information content (AvgIpc) is 3.41. The van der Waals surface area contributed by atoms with Gasteiger partial charge in [-0.15, -0.1) is 5.10 Å². The molecule has 0 saturated heterocycles. The molecule has 0 aliphatic heterocycles. The quantitative estimate of drug-likeness (QED) is 0.428. The lowest BCUT2D eigenvalue weighted by molar-refractivity contribution is 0.652. The Labute approximate surface area is 188 Å². The predicted molar refractivity (Wildman–Crippen MR) is 123 cm³/mol. The van der Waals surface area contributed by atoms with E-state index in [0.29, 0.717) is 34.2 Å². The molecule has 3 N–H and O–H groups in total. The summed E-state index contributed by atoms with van der Waals surface area (Å²) in [4.78, 5) is 11.9. The first-order valence-electron chi connectivity index (χ1n) is 9.82. The van der Waals surface area contributed by atoms with Crippen molar-refractivity contribution in [2.75, 3.05) is 5.73 Å². The zero-order valence-electron chi connectivity index (χ0n) is 17.0. The highest BCUT2D eigenvalue weighted by Crippen LogP contribution is 2.28. The zero-order chi connectivity index (χ0) is 22.2. The minimum Gasteiger partial charge on any atom is -0.368 e. The van der Waals surface area contributed by atoms with Crippen molar-refractivity contribution < 1.29 is 0 Å². The van der Waals surface area contributed by atoms with Crippen LogP contribution in [0, 0.1) is 18.3 Å². The van der Waals surface area contributed by atoms with Gasteiger partial charge in [-0.2, -0.15) is 5.26 Å². The van der Waals surface area contributed by atoms with E-state index in [1.54, 1.807) is 16.8 Å². The second-order valence-corrected chi connectivity index (χ2v) is 7.83. The second-order valence-electron chi connectivity index (χ2n) is 7.39. The summed E-state index contributed by atoms with van der Waals surface area (Å²) in [7, 11) is 0. The molecule has 3 heterocycles. The third-order valence-electron chi connectivity index (χ3n) is 5.34. The molecule has 0 unspecified atom stereocenters. The van der Waals surface area contributed by atoms with Gasteiger partial charge in [-0.3, -0.25) is 0 Å². The van der Waals surface area contributed by atoms with Crippen LogP contribution in [0.15, 0.2) is 54.9 Å². The molecule has 0 saturated carbocycles. The van der Waals surface area contributed by atoms with Crippen molar-refractivity contribution in [3.8, 4) is 28.7 Å². The molecule has 5 rings (SSSR count). The summed E-state index contributed by atoms with van der Waals surface area (Å²) in [5.41, 5.74) is 12.0. The van der Waals surface area contributed by atoms with Crippen molar-refractivity contribution in [3.05, 3.63) is 76.6 Å². The van der Waals surface area contributed by atoms with Gasteiger partial charge in [-0.1, -0.05) is 28.9 Å². The average molecular weight is 441 g/mol. The number of H-pyrrole nitrogens is 1. The highest BCUT2D eigenvalue weighted by Gasteiger charge is 2.14. The number of hydrogen-bond acceptors (Lipinski definition) is 6. The molecule has 0 radical (unpaired) electrons. The normalized spacial score (nSPS) is 11.0. The molecule has 5 aromatic rings. The number of anilines is 1. The number of halogens is 1. The first-order chi connectivity index (χ1) is 15.5. The standard InChI is InChI=1S/C23H17ClN8/c1-13-14(9-25)3-2-4-17(13)20-8-21(29-23(26)28-20)22-12-32(31-30-22)11-15-10-27-19-6-5-16(24)7-18(15)19/h2-8,10,12,27H,11H2,1H3,(H2,26,28,29). The van der Waals surface area contributed by atoms with Crippen LogP contribution in [-0.4, -0.2) is 29.9 Å². The molecule has 0 aliphatic rings. The lowest BCUT2D eigenvalue weighted by Gasteiger charge is -2.08. The van der Waals surface area contributed by atoms with Crippen molar-refractivity contribution >= 4 is 28.5 Å². The van der Waals surface area contributed by atoms with Crippen LogP contribution in [0.5, 0.6) is 0 Å². The van der Waals surface area contributed by atoms with Crippen LogP contribution in [-0.2, 0) is 6.54 Å². The maximum atomic E-state index is 9.33. The zero-order valence-corrected chi connectivity index (χ0v) is 17.8. The van der Waals surface area contributed by atoms with Crippen LogP contribution in [0.4, 0.5) is 5.95 Å². The van der Waals surface area contributed by atoms with E-state index in [1.165, 1.54) is 0 Å². The van der Waals surface area contributed by atoms with Gasteiger partial charge in [-0.25, -0.2) is 14.6 Å². The number of aromatic nitrogens is 6. The number of nitrogens with two attached hydrogens (primary N) is 1. The van der Waals surface area contributed by atoms with Crippen LogP contribution < -0.4 is 5.73 Å². The fourth-order valence-electron chi connectivity index (χ4n) is 3.72. The number of nitrogen functional groups attached to an aromatic ring is 1. The van der Waals surface area contributed by atoms with Gasteiger partial charge in [0.15, 0.2) is 0 Å². The molecule has 0 bridgehead atoms. The monoisotopic (exact) mass is 440 g/mol. The number of benzene rings is 2. The maximum absolute atomic E-state index is 9.33. The summed E-state index contributed by atoms with van der Waals surface area (Å²) in [6.07, 6.45) is 3.75. The third-order valence-corrected chi connectivity index (χ3v) is 5.57. The SMILES string of the molecule is Cc1c(C#N)cccc1-c1cc(-c2cn(Cc3c[nH]c4ccc(Cl)cc34)nn2)nc(N)n1. The van der Waals surface area contributed by atoms with E-state index in [9.17, 15) is 5.26 Å². The Hall–Kier alpha value is -4.22. The van der Waals surface area contributed by atoms with Crippen molar-refractivity contribution in [1.82, 2.24) is 29.9 Å². The first kappa shape index (κ1) is 19.7. The molecule has 32 heavy (non-hydrogen) atoms. The summed E-state index contributed by atoms with van der Waals surface area (Å²) in [6.45, 7) is 2.40. The van der Waals surface area contributed by atoms with Crippen LogP contribution in [0.1, 0.15) is 16.7 Å². The second kappa shape index (κ2) is 7.80. The van der Waals surface area contributed by atoms with E-state index in [2.05, 4.69) is 31.3 Å². The smallest absolute Gasteiger partial charge is 0.221 e. The van der Waals surface area contributed by atoms with E-state index in [-0.39, 0.29) is 5.95 Å². The fraction of sp³-hybridized carbons (Fsp3) is 0.0870. The molecule has 156 valence electrons. The molecular formula is C23H17ClN8. The molecule has 0 atom stereocenters. The fourth-order valence-corrected chi connectivity index (χ4v) is 3.89. The lowest BCUT2D eigenvalue weighted by Crippen LogP contribution is -2.00. The molecule has 8 nitrogen and oxygen atoms in total. The Kier molecular flexibility index (Phi) is 4.81. The van der Waals surface area contributed by atoms with Crippen LogP contribution in [0.3, 0.4) is 0 Å². The Bertz CT molecular complexity index is 1510. The van der Waals surface area contributed by atoms with Gasteiger partial charge < -0.3 is 10.7 Å². The molecule has 0 aliphatic carbocycles. The molecule has 2 aromatic carbocycles. The number of nitrogens with zero attached hydrogens (tertiary/aromatic N) is 6. The molecule has 0 fully saturated rings. The van der Waals surface area contributed by atoms with Crippen molar-refractivity contribution in [2.45, 2.75) is 13.5 Å². The summed E-state index contributed by atoms with van der Waals surface area (Å²) in [5, 5.41) is 19.6. The summed E-state index contributed by atoms with van der Waals surface area (Å²) in [6, 6.07) is 15.2. The predicted octanol–water partition coefficient (Wildman–Crippen LogP) is 4.35. The Morgan fingerprint density at radius 3 is 2.81 bits per heavy atom. The third kappa shape index (κ3) is 3.55. The number of nitrogens with one attached hydrogen (secondary N) is 1. The number of nitriles is 1. The van der Waals surface area contributed by atoms with Crippen molar-refractivity contribution in [1.29, 1.82) is 5.26 Å². The van der Waals surface area contributed by atoms with Gasteiger partial charge in [-0.05, 0) is 48.4 Å². The van der Waals surface area contributed by atoms with Gasteiger partial charge in [0.25, 0.3) is 0 Å². The summed E-state index contributed by atoms with van der Waals surface area (Å²) in [5.74, 6) is 0.125. The van der Waals surface area contributed by atoms with E-state index < -0.39 is 0 Å². The summed E-state index contributed by atoms with van der Waals surface area (Å²) < 4.78 is 1.73. The number of hydrogen-bond donors (Lipinski definition) is 2. The van der Waals surface area contributed by atoms with Crippen LogP contribution >= 0.6 is 11.6 Å². The van der Waals surface area contributed by atoms with Crippen LogP contribution in [0.25, 0.3) is 33.5 Å². The van der Waals surface area contributed by atoms with E-state index >= 15 is 0 Å². The number of aromatic amines is 1. The molecule has 0 spiro atoms. The van der Waals surface area contributed by atoms with Gasteiger partial charge in [0.05, 0.1) is 35.8 Å².